The van der Waals surface area contributed by atoms with Gasteiger partial charge in [-0.3, -0.25) is 4.79 Å². The first-order valence-corrected chi connectivity index (χ1v) is 4.81. The molecule has 0 aliphatic carbocycles. The predicted molar refractivity (Wildman–Crippen MR) is 46.4 cm³/mol. The van der Waals surface area contributed by atoms with Crippen molar-refractivity contribution in [2.24, 2.45) is 5.41 Å². The predicted octanol–water partition coefficient (Wildman–Crippen LogP) is 4.00. The number of halogens is 9. The Morgan fingerprint density at radius 1 is 0.750 bits per heavy atom. The first kappa shape index (κ1) is 18.8. The lowest BCUT2D eigenvalue weighted by Gasteiger charge is -2.33. The van der Waals surface area contributed by atoms with Gasteiger partial charge in [0.15, 0.2) is 0 Å². The van der Waals surface area contributed by atoms with Crippen LogP contribution in [0.25, 0.3) is 0 Å². The fourth-order valence-electron chi connectivity index (χ4n) is 0.694. The smallest absolute Gasteiger partial charge is 0.396 e. The van der Waals surface area contributed by atoms with E-state index in [1.54, 1.807) is 0 Å². The molecule has 11 heteroatoms. The molecule has 0 spiro atoms. The standard InChI is InChI=1S/C9H9F9O2/c1-5(2,3)4(19)20-9(17,18)7(12,13)6(10,11)8(14,15)16/h1-3H3. The second-order valence-corrected chi connectivity index (χ2v) is 4.80. The Labute approximate surface area is 106 Å². The molecule has 0 saturated heterocycles. The third-order valence-corrected chi connectivity index (χ3v) is 1.95. The highest BCUT2D eigenvalue weighted by Gasteiger charge is 2.84. The van der Waals surface area contributed by atoms with Gasteiger partial charge in [-0.05, 0) is 20.8 Å². The van der Waals surface area contributed by atoms with E-state index in [0.717, 1.165) is 20.8 Å². The van der Waals surface area contributed by atoms with E-state index >= 15 is 0 Å². The first-order valence-electron chi connectivity index (χ1n) is 4.81. The Morgan fingerprint density at radius 3 is 1.35 bits per heavy atom. The van der Waals surface area contributed by atoms with Crippen LogP contribution in [0.1, 0.15) is 20.8 Å². The van der Waals surface area contributed by atoms with Gasteiger partial charge in [-0.25, -0.2) is 0 Å². The average molecular weight is 320 g/mol. The average Bonchev–Trinajstić information content (AvgIpc) is 2.12. The molecule has 0 fully saturated rings. The lowest BCUT2D eigenvalue weighted by molar-refractivity contribution is -0.436. The zero-order chi connectivity index (χ0) is 16.8. The summed E-state index contributed by atoms with van der Waals surface area (Å²) in [7, 11) is 0. The van der Waals surface area contributed by atoms with Crippen molar-refractivity contribution in [2.75, 3.05) is 0 Å². The molecule has 2 nitrogen and oxygen atoms in total. The summed E-state index contributed by atoms with van der Waals surface area (Å²) < 4.78 is 114. The van der Waals surface area contributed by atoms with Gasteiger partial charge in [0.1, 0.15) is 0 Å². The highest BCUT2D eigenvalue weighted by atomic mass is 19.4. The number of esters is 1. The summed E-state index contributed by atoms with van der Waals surface area (Å²) in [6.07, 6.45) is -13.3. The van der Waals surface area contributed by atoms with Crippen molar-refractivity contribution in [1.82, 2.24) is 0 Å². The van der Waals surface area contributed by atoms with Crippen LogP contribution in [0.3, 0.4) is 0 Å². The van der Waals surface area contributed by atoms with Crippen LogP contribution in [0.5, 0.6) is 0 Å². The van der Waals surface area contributed by atoms with Gasteiger partial charge < -0.3 is 4.74 Å². The molecule has 0 aliphatic heterocycles. The first-order chi connectivity index (χ1) is 8.38. The minimum absolute atomic E-state index is 0.908. The van der Waals surface area contributed by atoms with Crippen LogP contribution in [0, 0.1) is 5.41 Å². The zero-order valence-corrected chi connectivity index (χ0v) is 10.2. The molecule has 0 amide bonds. The number of carbonyl (C=O) groups excluding carboxylic acids is 1. The second-order valence-electron chi connectivity index (χ2n) is 4.80. The Kier molecular flexibility index (Phi) is 4.42. The second kappa shape index (κ2) is 4.69. The van der Waals surface area contributed by atoms with Gasteiger partial charge in [0, 0.05) is 0 Å². The van der Waals surface area contributed by atoms with E-state index in [9.17, 15) is 44.3 Å². The van der Waals surface area contributed by atoms with Crippen LogP contribution >= 0.6 is 0 Å². The van der Waals surface area contributed by atoms with Gasteiger partial charge in [0.2, 0.25) is 0 Å². The highest BCUT2D eigenvalue weighted by molar-refractivity contribution is 5.75. The van der Waals surface area contributed by atoms with Gasteiger partial charge >= 0.3 is 30.1 Å². The van der Waals surface area contributed by atoms with E-state index in [2.05, 4.69) is 4.74 Å². The van der Waals surface area contributed by atoms with Crippen LogP contribution < -0.4 is 0 Å². The Morgan fingerprint density at radius 2 is 1.10 bits per heavy atom. The van der Waals surface area contributed by atoms with Gasteiger partial charge in [-0.1, -0.05) is 0 Å². The van der Waals surface area contributed by atoms with E-state index in [0.29, 0.717) is 0 Å². The largest absolute Gasteiger partial charge is 0.473 e. The van der Waals surface area contributed by atoms with Crippen LogP contribution in [0.15, 0.2) is 0 Å². The van der Waals surface area contributed by atoms with Crippen molar-refractivity contribution in [2.45, 2.75) is 44.9 Å². The molecule has 0 aromatic carbocycles. The molecule has 0 saturated carbocycles. The summed E-state index contributed by atoms with van der Waals surface area (Å²) >= 11 is 0. The van der Waals surface area contributed by atoms with E-state index in [4.69, 9.17) is 0 Å². The van der Waals surface area contributed by atoms with Gasteiger partial charge in [-0.2, -0.15) is 39.5 Å². The summed E-state index contributed by atoms with van der Waals surface area (Å²) in [5.41, 5.74) is -1.81. The minimum Gasteiger partial charge on any atom is -0.396 e. The molecule has 0 aliphatic rings. The SMILES string of the molecule is CC(C)(C)C(=O)OC(F)(F)C(F)(F)C(F)(F)C(F)(F)F. The maximum absolute atomic E-state index is 12.8. The van der Waals surface area contributed by atoms with E-state index in [1.165, 1.54) is 0 Å². The maximum Gasteiger partial charge on any atom is 0.473 e. The molecule has 0 rings (SSSR count). The Hall–Kier alpha value is -1.16. The summed E-state index contributed by atoms with van der Waals surface area (Å²) in [6, 6.07) is 0. The molecule has 0 N–H and O–H groups in total. The lowest BCUT2D eigenvalue weighted by Crippen LogP contribution is -2.62. The van der Waals surface area contributed by atoms with Crippen molar-refractivity contribution in [3.8, 4) is 0 Å². The number of hydrogen-bond donors (Lipinski definition) is 0. The molecule has 20 heavy (non-hydrogen) atoms. The number of hydrogen-bond acceptors (Lipinski definition) is 2. The molecule has 0 bridgehead atoms. The van der Waals surface area contributed by atoms with Crippen LogP contribution in [-0.2, 0) is 9.53 Å². The van der Waals surface area contributed by atoms with Gasteiger partial charge in [0.05, 0.1) is 5.41 Å². The van der Waals surface area contributed by atoms with Crippen molar-refractivity contribution < 1.29 is 49.0 Å². The minimum atomic E-state index is -7.08. The number of alkyl halides is 9. The topological polar surface area (TPSA) is 26.3 Å². The molecular formula is C9H9F9O2. The summed E-state index contributed by atoms with van der Waals surface area (Å²) in [6.45, 7) is 2.72. The number of rotatable bonds is 3. The molecule has 120 valence electrons. The highest BCUT2D eigenvalue weighted by Crippen LogP contribution is 2.53. The molecule has 0 radical (unpaired) electrons. The number of ether oxygens (including phenoxy) is 1. The van der Waals surface area contributed by atoms with Gasteiger partial charge in [0.25, 0.3) is 0 Å². The van der Waals surface area contributed by atoms with E-state index in [1.807, 2.05) is 0 Å². The maximum atomic E-state index is 12.8. The lowest BCUT2D eigenvalue weighted by atomic mass is 9.97. The third-order valence-electron chi connectivity index (χ3n) is 1.95. The van der Waals surface area contributed by atoms with Gasteiger partial charge in [-0.15, -0.1) is 0 Å². The molecule has 0 aromatic rings. The summed E-state index contributed by atoms with van der Waals surface area (Å²) in [5.74, 6) is -16.1. The molecule has 0 heterocycles. The van der Waals surface area contributed by atoms with Crippen LogP contribution in [0.4, 0.5) is 39.5 Å². The van der Waals surface area contributed by atoms with Crippen LogP contribution in [-0.4, -0.2) is 30.1 Å². The van der Waals surface area contributed by atoms with Crippen molar-refractivity contribution in [3.05, 3.63) is 0 Å². The summed E-state index contributed by atoms with van der Waals surface area (Å²) in [5, 5.41) is 0. The summed E-state index contributed by atoms with van der Waals surface area (Å²) in [4.78, 5) is 10.9. The van der Waals surface area contributed by atoms with Crippen molar-refractivity contribution in [3.63, 3.8) is 0 Å². The van der Waals surface area contributed by atoms with Crippen LogP contribution in [0.2, 0.25) is 0 Å². The molecule has 0 unspecified atom stereocenters. The molecule has 0 aromatic heterocycles. The normalized spacial score (nSPS) is 15.2. The fraction of sp³-hybridized carbons (Fsp3) is 0.889. The fourth-order valence-corrected chi connectivity index (χ4v) is 0.694. The van der Waals surface area contributed by atoms with E-state index < -0.39 is 35.5 Å². The zero-order valence-electron chi connectivity index (χ0n) is 10.2. The van der Waals surface area contributed by atoms with Crippen molar-refractivity contribution in [1.29, 1.82) is 0 Å². The van der Waals surface area contributed by atoms with E-state index in [-0.39, 0.29) is 0 Å². The molecular weight excluding hydrogens is 311 g/mol. The monoisotopic (exact) mass is 320 g/mol. The van der Waals surface area contributed by atoms with Crippen molar-refractivity contribution >= 4 is 5.97 Å². The third kappa shape index (κ3) is 3.11. The number of carbonyl (C=O) groups is 1. The molecule has 0 atom stereocenters. The Balaban J connectivity index is 5.54. The quantitative estimate of drug-likeness (QED) is 0.580. The Bertz CT molecular complexity index is 378.